The van der Waals surface area contributed by atoms with Crippen LogP contribution in [0.15, 0.2) is 24.4 Å². The highest BCUT2D eigenvalue weighted by Crippen LogP contribution is 2.34. The van der Waals surface area contributed by atoms with Crippen LogP contribution in [0, 0.1) is 16.7 Å². The van der Waals surface area contributed by atoms with Crippen LogP contribution in [0.5, 0.6) is 0 Å². The van der Waals surface area contributed by atoms with Crippen LogP contribution in [0.3, 0.4) is 0 Å². The Morgan fingerprint density at radius 3 is 2.52 bits per heavy atom. The number of hydrogen-bond donors (Lipinski definition) is 4. The van der Waals surface area contributed by atoms with Gasteiger partial charge in [-0.1, -0.05) is 6.07 Å². The highest BCUT2D eigenvalue weighted by Gasteiger charge is 2.35. The molecule has 0 saturated heterocycles. The lowest BCUT2D eigenvalue weighted by molar-refractivity contribution is -0.137. The summed E-state index contributed by atoms with van der Waals surface area (Å²) < 4.78 is 51.7. The summed E-state index contributed by atoms with van der Waals surface area (Å²) in [5.41, 5.74) is -0.855. The van der Waals surface area contributed by atoms with Crippen LogP contribution in [0.25, 0.3) is 0 Å². The molecule has 11 heteroatoms. The van der Waals surface area contributed by atoms with Crippen molar-refractivity contribution in [2.75, 3.05) is 29.2 Å². The molecule has 0 unspecified atom stereocenters. The number of nitrogens with zero attached hydrogens (tertiary/aromatic N) is 3. The molecule has 0 spiro atoms. The minimum Gasteiger partial charge on any atom is -0.367 e. The number of rotatable bonds is 8. The first-order chi connectivity index (χ1) is 13.6. The van der Waals surface area contributed by atoms with Crippen LogP contribution in [-0.2, 0) is 6.18 Å². The summed E-state index contributed by atoms with van der Waals surface area (Å²) in [5.74, 6) is -0.719. The van der Waals surface area contributed by atoms with Gasteiger partial charge in [-0.25, -0.2) is 9.37 Å². The van der Waals surface area contributed by atoms with Gasteiger partial charge in [0, 0.05) is 30.2 Å². The first kappa shape index (κ1) is 21.9. The summed E-state index contributed by atoms with van der Waals surface area (Å²) in [7, 11) is 0. The van der Waals surface area contributed by atoms with E-state index in [2.05, 4.69) is 32.0 Å². The predicted octanol–water partition coefficient (Wildman–Crippen LogP) is 4.33. The quantitative estimate of drug-likeness (QED) is 0.382. The minimum absolute atomic E-state index is 0.167. The Balaban J connectivity index is 2.41. The molecule has 2 aromatic rings. The first-order valence-electron chi connectivity index (χ1n) is 8.45. The van der Waals surface area contributed by atoms with Crippen LogP contribution in [0.2, 0.25) is 0 Å². The molecule has 7 nitrogen and oxygen atoms in total. The fourth-order valence-electron chi connectivity index (χ4n) is 2.37. The predicted molar refractivity (Wildman–Crippen MR) is 102 cm³/mol. The average molecular weight is 409 g/mol. The molecule has 0 atom stereocenters. The molecule has 0 aliphatic carbocycles. The Kier molecular flexibility index (Phi) is 6.58. The van der Waals surface area contributed by atoms with Crippen molar-refractivity contribution in [3.8, 4) is 6.07 Å². The summed E-state index contributed by atoms with van der Waals surface area (Å²) in [6.45, 7) is 2.10. The number of benzene rings is 1. The van der Waals surface area contributed by atoms with Gasteiger partial charge in [-0.2, -0.15) is 23.4 Å². The zero-order chi connectivity index (χ0) is 21.7. The van der Waals surface area contributed by atoms with Crippen molar-refractivity contribution in [3.63, 3.8) is 0 Å². The molecule has 1 aromatic heterocycles. The van der Waals surface area contributed by atoms with E-state index >= 15 is 0 Å². The highest BCUT2D eigenvalue weighted by molar-refractivity contribution is 5.94. The molecule has 0 fully saturated rings. The molecular weight excluding hydrogens is 390 g/mol. The van der Waals surface area contributed by atoms with Crippen LogP contribution in [-0.4, -0.2) is 34.9 Å². The Bertz CT molecular complexity index is 919. The number of nitriles is 1. The lowest BCUT2D eigenvalue weighted by atomic mass is 10.0. The molecule has 2 rings (SSSR count). The van der Waals surface area contributed by atoms with Crippen LogP contribution in [0.1, 0.15) is 25.0 Å². The summed E-state index contributed by atoms with van der Waals surface area (Å²) >= 11 is 0. The van der Waals surface area contributed by atoms with Gasteiger partial charge in [-0.05, 0) is 26.0 Å². The molecule has 1 aromatic carbocycles. The fraction of sp³-hybridized carbons (Fsp3) is 0.333. The summed E-state index contributed by atoms with van der Waals surface area (Å²) in [4.78, 5) is 7.48. The third kappa shape index (κ3) is 5.54. The van der Waals surface area contributed by atoms with Crippen molar-refractivity contribution in [2.45, 2.75) is 25.6 Å². The molecule has 0 saturated carbocycles. The maximum atomic E-state index is 13.1. The van der Waals surface area contributed by atoms with E-state index in [0.29, 0.717) is 23.1 Å². The molecular formula is C18H19F4N7. The maximum Gasteiger partial charge on any atom is 0.421 e. The highest BCUT2D eigenvalue weighted by atomic mass is 19.4. The van der Waals surface area contributed by atoms with Crippen LogP contribution >= 0.6 is 0 Å². The van der Waals surface area contributed by atoms with Crippen molar-refractivity contribution >= 4 is 29.4 Å². The average Bonchev–Trinajstić information content (AvgIpc) is 2.65. The van der Waals surface area contributed by atoms with Crippen LogP contribution in [0.4, 0.5) is 40.7 Å². The Labute approximate surface area is 164 Å². The second kappa shape index (κ2) is 8.72. The lowest BCUT2D eigenvalue weighted by Crippen LogP contribution is -2.29. The summed E-state index contributed by atoms with van der Waals surface area (Å²) in [6, 6.07) is 6.96. The molecule has 0 amide bonds. The van der Waals surface area contributed by atoms with E-state index in [0.717, 1.165) is 6.21 Å². The molecule has 0 aliphatic heterocycles. The SMILES string of the molecule is CC(C)(C#N)Nc1cccc(Nc2ncc(C(F)(F)F)c(NCCF)n2)c1C=N. The molecule has 29 heavy (non-hydrogen) atoms. The number of nitrogens with one attached hydrogen (secondary N) is 4. The zero-order valence-corrected chi connectivity index (χ0v) is 15.7. The Morgan fingerprint density at radius 1 is 1.24 bits per heavy atom. The van der Waals surface area contributed by atoms with Crippen LogP contribution < -0.4 is 16.0 Å². The molecule has 4 N–H and O–H groups in total. The fourth-order valence-corrected chi connectivity index (χ4v) is 2.37. The molecule has 0 aliphatic rings. The minimum atomic E-state index is -4.70. The number of alkyl halides is 4. The van der Waals surface area contributed by atoms with Crippen molar-refractivity contribution in [3.05, 3.63) is 35.5 Å². The van der Waals surface area contributed by atoms with Gasteiger partial charge >= 0.3 is 6.18 Å². The van der Waals surface area contributed by atoms with Gasteiger partial charge in [-0.3, -0.25) is 0 Å². The third-order valence-corrected chi connectivity index (χ3v) is 3.70. The topological polar surface area (TPSA) is 110 Å². The third-order valence-electron chi connectivity index (χ3n) is 3.70. The van der Waals surface area contributed by atoms with Gasteiger partial charge in [0.1, 0.15) is 23.6 Å². The molecule has 1 heterocycles. The van der Waals surface area contributed by atoms with E-state index < -0.39 is 29.8 Å². The van der Waals surface area contributed by atoms with Gasteiger partial charge in [0.2, 0.25) is 5.95 Å². The summed E-state index contributed by atoms with van der Waals surface area (Å²) in [6.07, 6.45) is -3.07. The van der Waals surface area contributed by atoms with Crippen molar-refractivity contribution < 1.29 is 17.6 Å². The number of halogens is 4. The van der Waals surface area contributed by atoms with Gasteiger partial charge in [-0.15, -0.1) is 0 Å². The summed E-state index contributed by atoms with van der Waals surface area (Å²) in [5, 5.41) is 24.9. The normalized spacial score (nSPS) is 11.5. The van der Waals surface area contributed by atoms with E-state index in [1.807, 2.05) is 0 Å². The van der Waals surface area contributed by atoms with Crippen molar-refractivity contribution in [1.82, 2.24) is 9.97 Å². The molecule has 154 valence electrons. The van der Waals surface area contributed by atoms with E-state index in [1.54, 1.807) is 32.0 Å². The van der Waals surface area contributed by atoms with E-state index in [4.69, 9.17) is 5.41 Å². The second-order valence-corrected chi connectivity index (χ2v) is 6.47. The largest absolute Gasteiger partial charge is 0.421 e. The number of anilines is 4. The second-order valence-electron chi connectivity index (χ2n) is 6.47. The lowest BCUT2D eigenvalue weighted by Gasteiger charge is -2.22. The van der Waals surface area contributed by atoms with Gasteiger partial charge in [0.05, 0.1) is 11.8 Å². The van der Waals surface area contributed by atoms with Gasteiger partial charge in [0.25, 0.3) is 0 Å². The smallest absolute Gasteiger partial charge is 0.367 e. The van der Waals surface area contributed by atoms with E-state index in [9.17, 15) is 22.8 Å². The molecule has 0 radical (unpaired) electrons. The first-order valence-corrected chi connectivity index (χ1v) is 8.45. The van der Waals surface area contributed by atoms with Crippen molar-refractivity contribution in [1.29, 1.82) is 10.7 Å². The monoisotopic (exact) mass is 409 g/mol. The zero-order valence-electron chi connectivity index (χ0n) is 15.7. The number of aromatic nitrogens is 2. The number of hydrogen-bond acceptors (Lipinski definition) is 7. The standard InChI is InChI=1S/C18H19F4N7/c1-17(2,10-24)29-14-5-3-4-13(11(14)8-23)27-16-26-9-12(18(20,21)22)15(28-16)25-7-6-19/h3-5,8-9,23,29H,6-7H2,1-2H3,(H2,25,26,27,28). The van der Waals surface area contributed by atoms with Gasteiger partial charge in [0.15, 0.2) is 0 Å². The Hall–Kier alpha value is -3.42. The van der Waals surface area contributed by atoms with Gasteiger partial charge < -0.3 is 21.4 Å². The molecule has 0 bridgehead atoms. The maximum absolute atomic E-state index is 13.1. The van der Waals surface area contributed by atoms with Crippen molar-refractivity contribution in [2.24, 2.45) is 0 Å². The van der Waals surface area contributed by atoms with E-state index in [1.165, 1.54) is 0 Å². The Morgan fingerprint density at radius 2 is 1.93 bits per heavy atom. The van der Waals surface area contributed by atoms with E-state index in [-0.39, 0.29) is 12.5 Å².